The Kier molecular flexibility index (Phi) is 57.6. The summed E-state index contributed by atoms with van der Waals surface area (Å²) in [4.78, 5) is 36.6. The SMILES string of the molecule is CO.COC(=O)c1cc(OC)ccc1OC.COc1ccc(OC)c(-c2cc(N)no2)c1.COc1ccc(OC)c(C(=O)O)c1.II(I)I.I[I-]I.I[I-]I(I)I.O=S(=O)(O)O.[C-]#[N+]CC(=O)c1cc(OC)ccc1OC. The van der Waals surface area contributed by atoms with Crippen molar-refractivity contribution in [1.82, 2.24) is 5.16 Å². The molecule has 0 aliphatic heterocycles. The van der Waals surface area contributed by atoms with Crippen molar-refractivity contribution in [3.05, 3.63) is 107 Å². The predicted molar refractivity (Wildman–Crippen MR) is 375 cm³/mol. The Labute approximate surface area is 556 Å². The molecule has 0 spiro atoms. The van der Waals surface area contributed by atoms with E-state index in [1.807, 2.05) is 6.07 Å². The summed E-state index contributed by atoms with van der Waals surface area (Å²) in [6.45, 7) is 6.46. The maximum Gasteiger partial charge on any atom is 0.394 e. The Morgan fingerprint density at radius 3 is 1.26 bits per heavy atom. The number of hydrogen-bond acceptors (Lipinski definition) is 18. The first-order valence-electron chi connectivity index (χ1n) is 19.1. The van der Waals surface area contributed by atoms with Crippen LogP contribution in [-0.2, 0) is 15.1 Å². The first kappa shape index (κ1) is 84.4. The molecule has 0 aliphatic rings. The molecule has 0 saturated carbocycles. The Balaban J connectivity index is -0.000000416. The number of esters is 1. The number of aromatic nitrogens is 1. The summed E-state index contributed by atoms with van der Waals surface area (Å²) in [6.07, 6.45) is 0. The number of hydrogen-bond donors (Lipinski definition) is 5. The van der Waals surface area contributed by atoms with Gasteiger partial charge < -0.3 is 67.9 Å². The average Bonchev–Trinajstić information content (AvgIpc) is 3.86. The molecule has 5 rings (SSSR count). The number of carbonyl (C=O) groups excluding carboxylic acids is 2. The molecule has 0 fully saturated rings. The number of methoxy groups -OCH3 is 9. The number of ketones is 1. The minimum atomic E-state index is -4.67. The van der Waals surface area contributed by atoms with Crippen LogP contribution in [0.15, 0.2) is 83.4 Å². The van der Waals surface area contributed by atoms with Gasteiger partial charge >= 0.3 is 214 Å². The molecule has 5 aromatic rings. The first-order chi connectivity index (χ1) is 36.3. The van der Waals surface area contributed by atoms with Crippen LogP contribution < -0.4 is 70.1 Å². The largest absolute Gasteiger partial charge is 0.497 e. The molecule has 0 amide bonds. The number of nitrogens with two attached hydrogens (primary N) is 1. The minimum Gasteiger partial charge on any atom is -0.497 e. The number of carbonyl (C=O) groups is 3. The van der Waals surface area contributed by atoms with E-state index in [-0.39, 0.29) is 33.7 Å². The van der Waals surface area contributed by atoms with Crippen LogP contribution in [0.25, 0.3) is 16.2 Å². The molecule has 0 atom stereocenters. The number of nitrogen functional groups attached to an aromatic ring is 1. The third-order valence-corrected chi connectivity index (χ3v) is 90.2. The standard InChI is InChI=1S/C11H12N2O3.C11H11NO3.C10H12O4.C9H10O4.CH4O.I5.I4.I3.H2O4S/c1-14-7-3-4-9(15-2)8(5-7)10-6-11(12)13-16-10;1-12-7-10(13)9-6-8(14-2)4-5-11(9)15-3;1-12-7-4-5-9(13-2)8(6-7)10(11)14-3;1-12-6-3-4-8(13-2)7(5-6)9(10)11;1-2;1-4-5(2)3;1-4(2)3;1-3-2;1-5(2,3)4/h3-6H,1-2H3,(H2,12,13);4-6H,7H2,2-3H3;4-6H,1-3H3;3-5H,1-2H3,(H,10,11);2H,1H3;;;;(H2,1,2,3,4)/q;;;;;-1;;-1;. The van der Waals surface area contributed by atoms with Crippen LogP contribution in [0.2, 0.25) is 0 Å². The number of ether oxygens (including phenoxy) is 9. The maximum atomic E-state index is 11.5. The summed E-state index contributed by atoms with van der Waals surface area (Å²) in [5.41, 5.74) is 7.09. The number of aromatic carboxylic acids is 1. The van der Waals surface area contributed by atoms with Crippen LogP contribution in [0.3, 0.4) is 0 Å². The zero-order chi connectivity index (χ0) is 60.3. The number of anilines is 1. The van der Waals surface area contributed by atoms with E-state index in [0.29, 0.717) is 95.2 Å². The maximum absolute atomic E-state index is 11.5. The molecule has 0 unspecified atom stereocenters. The second-order valence-electron chi connectivity index (χ2n) is 11.8. The summed E-state index contributed by atoms with van der Waals surface area (Å²) in [5, 5.41) is 19.4. The van der Waals surface area contributed by atoms with Crippen LogP contribution in [0.1, 0.15) is 31.1 Å². The number of halogens is 12. The number of aliphatic hydroxyl groups excluding tert-OH is 1. The van der Waals surface area contributed by atoms with Crippen LogP contribution >= 0.6 is 165 Å². The van der Waals surface area contributed by atoms with Crippen molar-refractivity contribution in [3.63, 3.8) is 0 Å². The van der Waals surface area contributed by atoms with E-state index in [4.69, 9.17) is 82.5 Å². The van der Waals surface area contributed by atoms with Gasteiger partial charge in [-0.3, -0.25) is 13.9 Å². The van der Waals surface area contributed by atoms with Crippen LogP contribution in [-0.4, -0.2) is 128 Å². The van der Waals surface area contributed by atoms with E-state index >= 15 is 0 Å². The second-order valence-corrected chi connectivity index (χ2v) is 143. The van der Waals surface area contributed by atoms with E-state index in [1.165, 1.54) is 55.8 Å². The molecule has 4 aromatic carbocycles. The van der Waals surface area contributed by atoms with Gasteiger partial charge in [0.1, 0.15) is 57.1 Å². The molecule has 77 heavy (non-hydrogen) atoms. The first-order valence-corrected chi connectivity index (χ1v) is 77.1. The molecule has 0 radical (unpaired) electrons. The van der Waals surface area contributed by atoms with Crippen LogP contribution in [0.4, 0.5) is 5.82 Å². The predicted octanol–water partition coefficient (Wildman–Crippen LogP) is 8.46. The molecule has 0 aliphatic carbocycles. The van der Waals surface area contributed by atoms with E-state index in [1.54, 1.807) is 80.9 Å². The normalized spacial score (nSPS) is 9.66. The topological polar surface area (TPSA) is 306 Å². The fraction of sp³-hybridized carbons (Fsp3) is 0.262. The molecule has 1 heterocycles. The minimum absolute atomic E-state index is 0.0989. The summed E-state index contributed by atoms with van der Waals surface area (Å²) in [7, 11) is 9.17. The fourth-order valence-corrected chi connectivity index (χ4v) is 4.68. The van der Waals surface area contributed by atoms with Gasteiger partial charge in [0, 0.05) is 13.2 Å². The van der Waals surface area contributed by atoms with Crippen molar-refractivity contribution in [2.45, 2.75) is 0 Å². The van der Waals surface area contributed by atoms with Crippen molar-refractivity contribution in [2.24, 2.45) is 0 Å². The van der Waals surface area contributed by atoms with Gasteiger partial charge in [0.05, 0.1) is 75.1 Å². The Bertz CT molecular complexity index is 2590. The van der Waals surface area contributed by atoms with Gasteiger partial charge in [-0.2, -0.15) is 8.42 Å². The number of Topliss-reactive ketones (excluding diaryl/α,β-unsaturated/α-hetero) is 1. The van der Waals surface area contributed by atoms with E-state index < -0.39 is 22.3 Å². The van der Waals surface area contributed by atoms with Crippen molar-refractivity contribution in [1.29, 1.82) is 0 Å². The van der Waals surface area contributed by atoms with Crippen LogP contribution in [0, 0.1) is 6.57 Å². The third-order valence-electron chi connectivity index (χ3n) is 7.62. The summed E-state index contributed by atoms with van der Waals surface area (Å²) < 4.78 is 81.4. The number of aliphatic hydroxyl groups is 1. The van der Waals surface area contributed by atoms with E-state index in [2.05, 4.69) is 164 Å². The van der Waals surface area contributed by atoms with Gasteiger partial charge in [-0.1, -0.05) is 5.16 Å². The fourth-order valence-electron chi connectivity index (χ4n) is 4.68. The Hall–Kier alpha value is 0.980. The molecule has 440 valence electrons. The zero-order valence-corrected chi connectivity index (χ0v) is 68.2. The molecular weight excluding hydrogens is 2410 g/mol. The quantitative estimate of drug-likeness (QED) is 0.0229. The van der Waals surface area contributed by atoms with Gasteiger partial charge in [0.15, 0.2) is 11.6 Å². The summed E-state index contributed by atoms with van der Waals surface area (Å²) in [5.74, 6) is 3.46. The monoisotopic (exact) mass is 2460 g/mol. The molecule has 0 bridgehead atoms. The Morgan fingerprint density at radius 2 is 0.961 bits per heavy atom. The number of nitrogens with zero attached hydrogens (tertiary/aromatic N) is 2. The Morgan fingerprint density at radius 1 is 0.636 bits per heavy atom. The van der Waals surface area contributed by atoms with Gasteiger partial charge in [0.25, 0.3) is 6.54 Å². The summed E-state index contributed by atoms with van der Waals surface area (Å²) >= 11 is 21.1. The third kappa shape index (κ3) is 42.4. The van der Waals surface area contributed by atoms with Crippen molar-refractivity contribution < 1.29 is 116 Å². The average molecular weight is 2460 g/mol. The van der Waals surface area contributed by atoms with Crippen LogP contribution in [0.5, 0.6) is 46.0 Å². The van der Waals surface area contributed by atoms with Crippen molar-refractivity contribution >= 4 is 199 Å². The molecule has 6 N–H and O–H groups in total. The second kappa shape index (κ2) is 52.5. The number of benzene rings is 4. The van der Waals surface area contributed by atoms with Gasteiger partial charge in [-0.25, -0.2) is 16.2 Å². The number of carboxylic acid groups (broad SMARTS) is 1. The smallest absolute Gasteiger partial charge is 0.394 e. The van der Waals surface area contributed by atoms with Crippen molar-refractivity contribution in [3.8, 4) is 57.3 Å². The van der Waals surface area contributed by atoms with Crippen molar-refractivity contribution in [2.75, 3.05) is 83.4 Å². The summed E-state index contributed by atoms with van der Waals surface area (Å²) in [6, 6.07) is 21.5. The van der Waals surface area contributed by atoms with E-state index in [0.717, 1.165) is 12.7 Å². The number of rotatable bonds is 14. The van der Waals surface area contributed by atoms with Gasteiger partial charge in [-0.05, 0) is 72.8 Å². The van der Waals surface area contributed by atoms with Gasteiger partial charge in [0.2, 0.25) is 5.78 Å². The molecule has 1 aromatic heterocycles. The van der Waals surface area contributed by atoms with E-state index in [9.17, 15) is 14.4 Å². The molecule has 0 saturated heterocycles. The number of carboxylic acids is 1. The molecule has 35 heteroatoms. The molecule has 22 nitrogen and oxygen atoms in total. The van der Waals surface area contributed by atoms with Gasteiger partial charge in [-0.15, -0.1) is 0 Å². The zero-order valence-electron chi connectivity index (χ0n) is 41.5. The molecular formula is C42H51I12N3O19S-2.